The summed E-state index contributed by atoms with van der Waals surface area (Å²) in [5, 5.41) is 3.38. The van der Waals surface area contributed by atoms with Crippen LogP contribution in [0.25, 0.3) is 0 Å². The molecular weight excluding hydrogens is 198 g/mol. The number of hydrogen-bond donors (Lipinski definition) is 1. The average molecular weight is 219 g/mol. The van der Waals surface area contributed by atoms with Crippen LogP contribution >= 0.6 is 0 Å². The number of unbranched alkanes of at least 4 members (excludes halogenated alkanes) is 1. The molecule has 0 amide bonds. The zero-order valence-electron chi connectivity index (χ0n) is 9.86. The van der Waals surface area contributed by atoms with Crippen molar-refractivity contribution in [1.82, 2.24) is 15.2 Å². The van der Waals surface area contributed by atoms with Crippen molar-refractivity contribution in [3.63, 3.8) is 0 Å². The lowest BCUT2D eigenvalue weighted by atomic mass is 10.1. The van der Waals surface area contributed by atoms with E-state index in [2.05, 4.69) is 21.3 Å². The van der Waals surface area contributed by atoms with Crippen LogP contribution in [0.2, 0.25) is 0 Å². The predicted molar refractivity (Wildman–Crippen MR) is 66.5 cm³/mol. The van der Waals surface area contributed by atoms with E-state index >= 15 is 0 Å². The fourth-order valence-electron chi connectivity index (χ4n) is 2.15. The third-order valence-corrected chi connectivity index (χ3v) is 3.12. The zero-order valence-corrected chi connectivity index (χ0v) is 9.86. The Bertz CT molecular complexity index is 280. The van der Waals surface area contributed by atoms with Crippen molar-refractivity contribution in [2.45, 2.75) is 19.3 Å². The molecule has 0 unspecified atom stereocenters. The number of pyridine rings is 1. The Morgan fingerprint density at radius 1 is 1.25 bits per heavy atom. The minimum atomic E-state index is 1.16. The molecule has 0 spiro atoms. The number of nitrogens with zero attached hydrogens (tertiary/aromatic N) is 2. The molecule has 0 aliphatic carbocycles. The average Bonchev–Trinajstić information content (AvgIpc) is 2.37. The second-order valence-electron chi connectivity index (χ2n) is 4.41. The van der Waals surface area contributed by atoms with Gasteiger partial charge < -0.3 is 10.2 Å². The molecule has 2 heterocycles. The van der Waals surface area contributed by atoms with Gasteiger partial charge in [0.2, 0.25) is 0 Å². The lowest BCUT2D eigenvalue weighted by molar-refractivity contribution is 0.237. The third kappa shape index (κ3) is 3.91. The van der Waals surface area contributed by atoms with Crippen LogP contribution in [0.3, 0.4) is 0 Å². The number of aryl methyl sites for hydroxylation is 1. The molecule has 0 bridgehead atoms. The summed E-state index contributed by atoms with van der Waals surface area (Å²) in [6, 6.07) is 4.18. The molecule has 3 nitrogen and oxygen atoms in total. The number of piperazine rings is 1. The Labute approximate surface area is 97.9 Å². The summed E-state index contributed by atoms with van der Waals surface area (Å²) in [5.41, 5.74) is 1.36. The molecule has 0 aromatic carbocycles. The van der Waals surface area contributed by atoms with Gasteiger partial charge in [0.1, 0.15) is 0 Å². The minimum absolute atomic E-state index is 1.16. The topological polar surface area (TPSA) is 28.2 Å². The maximum Gasteiger partial charge on any atom is 0.0299 e. The van der Waals surface area contributed by atoms with Crippen LogP contribution < -0.4 is 5.32 Å². The second-order valence-corrected chi connectivity index (χ2v) is 4.41. The Morgan fingerprint density at radius 3 is 2.88 bits per heavy atom. The maximum atomic E-state index is 4.13. The van der Waals surface area contributed by atoms with Gasteiger partial charge in [-0.2, -0.15) is 0 Å². The van der Waals surface area contributed by atoms with E-state index in [0.717, 1.165) is 13.1 Å². The van der Waals surface area contributed by atoms with E-state index in [4.69, 9.17) is 0 Å². The molecule has 1 saturated heterocycles. The van der Waals surface area contributed by atoms with Crippen LogP contribution in [0.4, 0.5) is 0 Å². The molecule has 1 N–H and O–H groups in total. The minimum Gasteiger partial charge on any atom is -0.314 e. The van der Waals surface area contributed by atoms with Crippen molar-refractivity contribution < 1.29 is 0 Å². The second kappa shape index (κ2) is 6.61. The fourth-order valence-corrected chi connectivity index (χ4v) is 2.15. The molecule has 0 atom stereocenters. The van der Waals surface area contributed by atoms with Crippen molar-refractivity contribution in [3.05, 3.63) is 30.1 Å². The van der Waals surface area contributed by atoms with Gasteiger partial charge in [0, 0.05) is 38.6 Å². The lowest BCUT2D eigenvalue weighted by Gasteiger charge is -2.26. The third-order valence-electron chi connectivity index (χ3n) is 3.12. The first-order valence-electron chi connectivity index (χ1n) is 6.27. The van der Waals surface area contributed by atoms with Gasteiger partial charge in [0.05, 0.1) is 0 Å². The van der Waals surface area contributed by atoms with Crippen LogP contribution in [-0.4, -0.2) is 42.6 Å². The van der Waals surface area contributed by atoms with Crippen molar-refractivity contribution in [2.24, 2.45) is 0 Å². The van der Waals surface area contributed by atoms with Gasteiger partial charge in [0.25, 0.3) is 0 Å². The largest absolute Gasteiger partial charge is 0.314 e. The van der Waals surface area contributed by atoms with Crippen LogP contribution in [0.5, 0.6) is 0 Å². The molecule has 1 aliphatic rings. The van der Waals surface area contributed by atoms with E-state index in [1.807, 2.05) is 18.5 Å². The summed E-state index contributed by atoms with van der Waals surface area (Å²) in [5.74, 6) is 0. The fraction of sp³-hybridized carbons (Fsp3) is 0.615. The molecule has 0 radical (unpaired) electrons. The van der Waals surface area contributed by atoms with Gasteiger partial charge in [-0.25, -0.2) is 0 Å². The quantitative estimate of drug-likeness (QED) is 0.757. The molecule has 0 saturated carbocycles. The van der Waals surface area contributed by atoms with E-state index in [0.29, 0.717) is 0 Å². The first kappa shape index (κ1) is 11.6. The van der Waals surface area contributed by atoms with Crippen LogP contribution in [0, 0.1) is 0 Å². The molecule has 16 heavy (non-hydrogen) atoms. The molecule has 1 fully saturated rings. The summed E-state index contributed by atoms with van der Waals surface area (Å²) >= 11 is 0. The van der Waals surface area contributed by atoms with E-state index in [9.17, 15) is 0 Å². The van der Waals surface area contributed by atoms with Gasteiger partial charge in [-0.3, -0.25) is 4.98 Å². The Kier molecular flexibility index (Phi) is 4.77. The Hall–Kier alpha value is -0.930. The molecular formula is C13H21N3. The standard InChI is InChI=1S/C13H21N3/c1(4-13-5-3-6-15-12-13)2-9-16-10-7-14-8-11-16/h3,5-6,12,14H,1-2,4,7-11H2. The first-order valence-corrected chi connectivity index (χ1v) is 6.27. The molecule has 2 rings (SSSR count). The van der Waals surface area contributed by atoms with E-state index in [1.54, 1.807) is 0 Å². The molecule has 3 heteroatoms. The summed E-state index contributed by atoms with van der Waals surface area (Å²) < 4.78 is 0. The number of hydrogen-bond acceptors (Lipinski definition) is 3. The Balaban J connectivity index is 1.58. The van der Waals surface area contributed by atoms with Gasteiger partial charge in [0.15, 0.2) is 0 Å². The lowest BCUT2D eigenvalue weighted by Crippen LogP contribution is -2.43. The van der Waals surface area contributed by atoms with Crippen molar-refractivity contribution in [1.29, 1.82) is 0 Å². The van der Waals surface area contributed by atoms with Gasteiger partial charge in [-0.1, -0.05) is 6.07 Å². The highest BCUT2D eigenvalue weighted by Crippen LogP contribution is 2.04. The van der Waals surface area contributed by atoms with Crippen LogP contribution in [0.15, 0.2) is 24.5 Å². The van der Waals surface area contributed by atoms with Crippen molar-refractivity contribution >= 4 is 0 Å². The van der Waals surface area contributed by atoms with E-state index in [1.165, 1.54) is 44.5 Å². The summed E-state index contributed by atoms with van der Waals surface area (Å²) in [4.78, 5) is 6.69. The van der Waals surface area contributed by atoms with Gasteiger partial charge in [-0.05, 0) is 37.4 Å². The first-order chi connectivity index (χ1) is 7.95. The van der Waals surface area contributed by atoms with Crippen molar-refractivity contribution in [3.8, 4) is 0 Å². The van der Waals surface area contributed by atoms with E-state index in [-0.39, 0.29) is 0 Å². The molecule has 1 aromatic rings. The zero-order chi connectivity index (χ0) is 11.1. The van der Waals surface area contributed by atoms with Crippen LogP contribution in [0.1, 0.15) is 18.4 Å². The summed E-state index contributed by atoms with van der Waals surface area (Å²) in [6.45, 7) is 5.99. The summed E-state index contributed by atoms with van der Waals surface area (Å²) in [7, 11) is 0. The normalized spacial score (nSPS) is 17.5. The molecule has 88 valence electrons. The smallest absolute Gasteiger partial charge is 0.0299 e. The number of aromatic nitrogens is 1. The highest BCUT2D eigenvalue weighted by atomic mass is 15.2. The summed E-state index contributed by atoms with van der Waals surface area (Å²) in [6.07, 6.45) is 7.56. The van der Waals surface area contributed by atoms with E-state index < -0.39 is 0 Å². The number of nitrogens with one attached hydrogen (secondary N) is 1. The highest BCUT2D eigenvalue weighted by molar-refractivity contribution is 5.08. The monoisotopic (exact) mass is 219 g/mol. The Morgan fingerprint density at radius 2 is 2.12 bits per heavy atom. The molecule has 1 aliphatic heterocycles. The molecule has 1 aromatic heterocycles. The predicted octanol–water partition coefficient (Wildman–Crippen LogP) is 1.31. The van der Waals surface area contributed by atoms with Gasteiger partial charge in [-0.15, -0.1) is 0 Å². The van der Waals surface area contributed by atoms with Gasteiger partial charge >= 0.3 is 0 Å². The van der Waals surface area contributed by atoms with Crippen molar-refractivity contribution in [2.75, 3.05) is 32.7 Å². The van der Waals surface area contributed by atoms with Crippen LogP contribution in [-0.2, 0) is 6.42 Å². The SMILES string of the molecule is c1cncc(CCCCN2CCNCC2)c1. The maximum absolute atomic E-state index is 4.13. The number of rotatable bonds is 5. The highest BCUT2D eigenvalue weighted by Gasteiger charge is 2.07.